The first-order chi connectivity index (χ1) is 8.52. The molecule has 1 aromatic rings. The first-order valence-electron chi connectivity index (χ1n) is 5.99. The molecular weight excluding hydrogens is 266 g/mol. The molecule has 0 bridgehead atoms. The van der Waals surface area contributed by atoms with Crippen LogP contribution in [0.3, 0.4) is 0 Å². The smallest absolute Gasteiger partial charge is 0.227 e. The molecule has 6 heteroatoms. The maximum atomic E-state index is 10.9. The van der Waals surface area contributed by atoms with Crippen molar-refractivity contribution in [1.82, 2.24) is 9.97 Å². The first kappa shape index (κ1) is 13.7. The zero-order valence-corrected chi connectivity index (χ0v) is 12.4. The number of hydrogen-bond donors (Lipinski definition) is 1. The number of thioether (sulfide) groups is 2. The average Bonchev–Trinajstić information content (AvgIpc) is 2.60. The fourth-order valence-electron chi connectivity index (χ4n) is 2.22. The van der Waals surface area contributed by atoms with Gasteiger partial charge in [0.1, 0.15) is 15.9 Å². The van der Waals surface area contributed by atoms with E-state index in [0.717, 1.165) is 22.3 Å². The van der Waals surface area contributed by atoms with Crippen LogP contribution in [-0.2, 0) is 4.79 Å². The zero-order valence-electron chi connectivity index (χ0n) is 10.8. The summed E-state index contributed by atoms with van der Waals surface area (Å²) in [5.74, 6) is 1.20. The number of primary amides is 1. The molecule has 0 spiro atoms. The van der Waals surface area contributed by atoms with Crippen molar-refractivity contribution in [2.24, 2.45) is 5.73 Å². The Morgan fingerprint density at radius 1 is 1.50 bits per heavy atom. The Morgan fingerprint density at radius 3 is 2.83 bits per heavy atom. The molecule has 2 N–H and O–H groups in total. The van der Waals surface area contributed by atoms with Crippen LogP contribution in [-0.4, -0.2) is 26.9 Å². The van der Waals surface area contributed by atoms with Crippen LogP contribution in [0, 0.1) is 6.92 Å². The molecule has 4 nitrogen and oxygen atoms in total. The third kappa shape index (κ3) is 2.64. The van der Waals surface area contributed by atoms with Gasteiger partial charge in [-0.15, -0.1) is 11.8 Å². The molecule has 1 amide bonds. The number of amides is 1. The maximum absolute atomic E-state index is 10.9. The highest BCUT2D eigenvalue weighted by Gasteiger charge is 2.33. The maximum Gasteiger partial charge on any atom is 0.227 e. The van der Waals surface area contributed by atoms with E-state index in [1.165, 1.54) is 17.3 Å². The van der Waals surface area contributed by atoms with Crippen molar-refractivity contribution < 1.29 is 4.79 Å². The lowest BCUT2D eigenvalue weighted by atomic mass is 9.96. The second-order valence-corrected chi connectivity index (χ2v) is 6.72. The van der Waals surface area contributed by atoms with Crippen molar-refractivity contribution in [3.05, 3.63) is 11.4 Å². The molecule has 0 aliphatic carbocycles. The van der Waals surface area contributed by atoms with E-state index >= 15 is 0 Å². The van der Waals surface area contributed by atoms with E-state index in [2.05, 4.69) is 23.8 Å². The number of rotatable bonds is 4. The number of fused-ring (bicyclic) bond motifs is 1. The third-order valence-electron chi connectivity index (χ3n) is 3.01. The monoisotopic (exact) mass is 283 g/mol. The summed E-state index contributed by atoms with van der Waals surface area (Å²) in [6, 6.07) is 0. The summed E-state index contributed by atoms with van der Waals surface area (Å²) in [4.78, 5) is 19.9. The van der Waals surface area contributed by atoms with E-state index in [1.54, 1.807) is 11.8 Å². The predicted molar refractivity (Wildman–Crippen MR) is 75.0 cm³/mol. The number of carbonyl (C=O) groups is 1. The highest BCUT2D eigenvalue weighted by molar-refractivity contribution is 8.01. The molecule has 1 aliphatic heterocycles. The van der Waals surface area contributed by atoms with E-state index in [9.17, 15) is 4.79 Å². The second-order valence-electron chi connectivity index (χ2n) is 4.39. The van der Waals surface area contributed by atoms with Gasteiger partial charge in [0.2, 0.25) is 5.91 Å². The molecular formula is C12H17N3OS2. The van der Waals surface area contributed by atoms with Gasteiger partial charge in [0.05, 0.1) is 5.75 Å². The number of nitrogens with zero attached hydrogens (tertiary/aromatic N) is 2. The summed E-state index contributed by atoms with van der Waals surface area (Å²) in [7, 11) is 0. The first-order valence-corrected chi connectivity index (χ1v) is 7.85. The Kier molecular flexibility index (Phi) is 4.17. The quantitative estimate of drug-likeness (QED) is 0.678. The van der Waals surface area contributed by atoms with E-state index < -0.39 is 0 Å². The highest BCUT2D eigenvalue weighted by atomic mass is 32.2. The number of aryl methyl sites for hydroxylation is 1. The Bertz CT molecular complexity index is 479. The van der Waals surface area contributed by atoms with Crippen LogP contribution in [0.5, 0.6) is 0 Å². The van der Waals surface area contributed by atoms with Gasteiger partial charge in [0.15, 0.2) is 0 Å². The number of hydrogen-bond acceptors (Lipinski definition) is 5. The molecule has 2 heterocycles. The second kappa shape index (κ2) is 5.48. The molecule has 1 aliphatic rings. The van der Waals surface area contributed by atoms with Gasteiger partial charge in [0, 0.05) is 16.7 Å². The Labute approximate surface area is 116 Å². The van der Waals surface area contributed by atoms with Gasteiger partial charge < -0.3 is 5.73 Å². The minimum absolute atomic E-state index is 0.276. The Hall–Kier alpha value is -0.750. The molecule has 0 unspecified atom stereocenters. The van der Waals surface area contributed by atoms with Crippen LogP contribution < -0.4 is 5.73 Å². The number of aromatic nitrogens is 2. The van der Waals surface area contributed by atoms with Crippen LogP contribution in [0.15, 0.2) is 10.1 Å². The minimum Gasteiger partial charge on any atom is -0.369 e. The van der Waals surface area contributed by atoms with E-state index in [0.29, 0.717) is 11.2 Å². The lowest BCUT2D eigenvalue weighted by Crippen LogP contribution is -2.14. The summed E-state index contributed by atoms with van der Waals surface area (Å²) in [5, 5.41) is 2.53. The molecule has 0 fully saturated rings. The summed E-state index contributed by atoms with van der Waals surface area (Å²) >= 11 is 3.24. The van der Waals surface area contributed by atoms with Crippen molar-refractivity contribution in [2.45, 2.75) is 48.4 Å². The van der Waals surface area contributed by atoms with Crippen LogP contribution in [0.1, 0.15) is 37.6 Å². The summed E-state index contributed by atoms with van der Waals surface area (Å²) < 4.78 is 0. The van der Waals surface area contributed by atoms with Gasteiger partial charge in [-0.1, -0.05) is 25.6 Å². The topological polar surface area (TPSA) is 68.9 Å². The van der Waals surface area contributed by atoms with Crippen molar-refractivity contribution in [3.8, 4) is 0 Å². The van der Waals surface area contributed by atoms with Gasteiger partial charge in [-0.25, -0.2) is 9.97 Å². The van der Waals surface area contributed by atoms with Crippen molar-refractivity contribution in [1.29, 1.82) is 0 Å². The largest absolute Gasteiger partial charge is 0.369 e. The Morgan fingerprint density at radius 2 is 2.22 bits per heavy atom. The zero-order chi connectivity index (χ0) is 13.3. The SMILES string of the molecule is CC[C@@H]1c2c(SCC(N)=O)nc(C)nc2S[C@@H]1C. The lowest BCUT2D eigenvalue weighted by Gasteiger charge is -2.14. The minimum atomic E-state index is -0.309. The predicted octanol–water partition coefficient (Wildman–Crippen LogP) is 2.35. The number of nitrogens with two attached hydrogens (primary N) is 1. The molecule has 0 saturated carbocycles. The van der Waals surface area contributed by atoms with E-state index in [4.69, 9.17) is 5.73 Å². The molecule has 2 rings (SSSR count). The van der Waals surface area contributed by atoms with Gasteiger partial charge >= 0.3 is 0 Å². The van der Waals surface area contributed by atoms with E-state index in [-0.39, 0.29) is 11.7 Å². The molecule has 0 saturated heterocycles. The van der Waals surface area contributed by atoms with Crippen LogP contribution in [0.4, 0.5) is 0 Å². The normalized spacial score (nSPS) is 21.9. The molecule has 18 heavy (non-hydrogen) atoms. The molecule has 0 radical (unpaired) electrons. The fraction of sp³-hybridized carbons (Fsp3) is 0.583. The lowest BCUT2D eigenvalue weighted by molar-refractivity contribution is -0.115. The number of carbonyl (C=O) groups excluding carboxylic acids is 1. The standard InChI is InChI=1S/C12H17N3OS2/c1-4-8-6(2)18-12-10(8)11(14-7(3)15-12)17-5-9(13)16/h6,8H,4-5H2,1-3H3,(H2,13,16)/t6-,8+/m1/s1. The van der Waals surface area contributed by atoms with Crippen LogP contribution >= 0.6 is 23.5 Å². The molecule has 1 aromatic heterocycles. The van der Waals surface area contributed by atoms with E-state index in [1.807, 2.05) is 6.92 Å². The van der Waals surface area contributed by atoms with Gasteiger partial charge in [-0.3, -0.25) is 4.79 Å². The van der Waals surface area contributed by atoms with Crippen molar-refractivity contribution >= 4 is 29.4 Å². The molecule has 98 valence electrons. The summed E-state index contributed by atoms with van der Waals surface area (Å²) in [5.41, 5.74) is 6.42. The van der Waals surface area contributed by atoms with Crippen molar-refractivity contribution in [3.63, 3.8) is 0 Å². The van der Waals surface area contributed by atoms with Gasteiger partial charge in [-0.2, -0.15) is 0 Å². The van der Waals surface area contributed by atoms with Crippen LogP contribution in [0.2, 0.25) is 0 Å². The molecule has 2 atom stereocenters. The van der Waals surface area contributed by atoms with Gasteiger partial charge in [-0.05, 0) is 13.3 Å². The fourth-order valence-corrected chi connectivity index (χ4v) is 4.56. The highest BCUT2D eigenvalue weighted by Crippen LogP contribution is 2.48. The average molecular weight is 283 g/mol. The summed E-state index contributed by atoms with van der Waals surface area (Å²) in [6.07, 6.45) is 1.07. The summed E-state index contributed by atoms with van der Waals surface area (Å²) in [6.45, 7) is 6.29. The van der Waals surface area contributed by atoms with Gasteiger partial charge in [0.25, 0.3) is 0 Å². The third-order valence-corrected chi connectivity index (χ3v) is 5.26. The van der Waals surface area contributed by atoms with Crippen molar-refractivity contribution in [2.75, 3.05) is 5.75 Å². The van der Waals surface area contributed by atoms with Crippen LogP contribution in [0.25, 0.3) is 0 Å². The molecule has 0 aromatic carbocycles. The Balaban J connectivity index is 2.38.